The van der Waals surface area contributed by atoms with Crippen LogP contribution in [0, 0.1) is 30.9 Å². The standard InChI is InChI=1S/C26H24N6O3S/c1-16-11-24(32(34)35)29-30(16)13-19-12-23(36-15-19)26(33)27-25-17(2)28-31(18(25)3)14-21-9-6-8-20-7-4-5-10-22(20)21/h4-12,15H,13-14H2,1-3H3,(H,27,33). The SMILES string of the molecule is Cc1nn(Cc2cccc3ccccc23)c(C)c1NC(=O)c1cc(Cn2nc([N+](=O)[O-])cc2C)cs1. The number of rotatable bonds is 7. The van der Waals surface area contributed by atoms with Gasteiger partial charge >= 0.3 is 5.82 Å². The summed E-state index contributed by atoms with van der Waals surface area (Å²) in [5, 5.41) is 26.9. The summed E-state index contributed by atoms with van der Waals surface area (Å²) < 4.78 is 3.48. The zero-order valence-corrected chi connectivity index (χ0v) is 20.9. The number of amides is 1. The number of nitrogens with one attached hydrogen (secondary N) is 1. The number of aromatic nitrogens is 4. The Morgan fingerprint density at radius 1 is 1.03 bits per heavy atom. The second-order valence-electron chi connectivity index (χ2n) is 8.67. The largest absolute Gasteiger partial charge is 0.390 e. The smallest absolute Gasteiger partial charge is 0.358 e. The van der Waals surface area contributed by atoms with Crippen molar-refractivity contribution in [3.63, 3.8) is 0 Å². The average molecular weight is 501 g/mol. The molecule has 0 unspecified atom stereocenters. The highest BCUT2D eigenvalue weighted by molar-refractivity contribution is 7.12. The van der Waals surface area contributed by atoms with Crippen LogP contribution in [-0.2, 0) is 13.1 Å². The minimum absolute atomic E-state index is 0.188. The molecule has 9 nitrogen and oxygen atoms in total. The van der Waals surface area contributed by atoms with Gasteiger partial charge in [-0.3, -0.25) is 9.48 Å². The van der Waals surface area contributed by atoms with Gasteiger partial charge in [0.25, 0.3) is 5.91 Å². The normalized spacial score (nSPS) is 11.2. The van der Waals surface area contributed by atoms with E-state index < -0.39 is 4.92 Å². The Kier molecular flexibility index (Phi) is 6.11. The third-order valence-electron chi connectivity index (χ3n) is 6.19. The molecule has 0 radical (unpaired) electrons. The van der Waals surface area contributed by atoms with Gasteiger partial charge in [-0.1, -0.05) is 42.5 Å². The number of carbonyl (C=O) groups is 1. The molecule has 0 spiro atoms. The van der Waals surface area contributed by atoms with Crippen molar-refractivity contribution in [2.75, 3.05) is 5.32 Å². The van der Waals surface area contributed by atoms with Crippen LogP contribution in [0.2, 0.25) is 0 Å². The monoisotopic (exact) mass is 500 g/mol. The molecule has 0 atom stereocenters. The number of aryl methyl sites for hydroxylation is 2. The van der Waals surface area contributed by atoms with Crippen LogP contribution in [0.4, 0.5) is 11.5 Å². The summed E-state index contributed by atoms with van der Waals surface area (Å²) in [6.07, 6.45) is 0. The van der Waals surface area contributed by atoms with Crippen molar-refractivity contribution in [2.45, 2.75) is 33.9 Å². The Balaban J connectivity index is 1.32. The molecule has 0 aliphatic rings. The summed E-state index contributed by atoms with van der Waals surface area (Å²) in [7, 11) is 0. The molecule has 0 saturated heterocycles. The van der Waals surface area contributed by atoms with Crippen molar-refractivity contribution in [1.82, 2.24) is 19.6 Å². The molecule has 2 aromatic carbocycles. The molecule has 0 bridgehead atoms. The molecule has 3 aromatic heterocycles. The molecule has 5 rings (SSSR count). The molecular formula is C26H24N6O3S. The molecule has 0 aliphatic heterocycles. The average Bonchev–Trinajstić information content (AvgIpc) is 3.55. The number of carbonyl (C=O) groups excluding carboxylic acids is 1. The minimum atomic E-state index is -0.513. The number of nitrogens with zero attached hydrogens (tertiary/aromatic N) is 5. The van der Waals surface area contributed by atoms with E-state index >= 15 is 0 Å². The fourth-order valence-corrected chi connectivity index (χ4v) is 5.09. The van der Waals surface area contributed by atoms with E-state index in [-0.39, 0.29) is 11.7 Å². The maximum Gasteiger partial charge on any atom is 0.390 e. The molecule has 5 aromatic rings. The summed E-state index contributed by atoms with van der Waals surface area (Å²) in [6.45, 7) is 6.55. The van der Waals surface area contributed by atoms with Gasteiger partial charge < -0.3 is 15.4 Å². The van der Waals surface area contributed by atoms with E-state index in [4.69, 9.17) is 0 Å². The van der Waals surface area contributed by atoms with Crippen LogP contribution in [0.25, 0.3) is 10.8 Å². The number of benzene rings is 2. The Labute approximate surface area is 211 Å². The predicted molar refractivity (Wildman–Crippen MR) is 140 cm³/mol. The Morgan fingerprint density at radius 3 is 2.58 bits per heavy atom. The molecule has 10 heteroatoms. The summed E-state index contributed by atoms with van der Waals surface area (Å²) in [5.74, 6) is -0.405. The van der Waals surface area contributed by atoms with Crippen molar-refractivity contribution >= 4 is 39.5 Å². The third kappa shape index (κ3) is 4.50. The molecule has 1 amide bonds. The maximum atomic E-state index is 13.0. The number of anilines is 1. The van der Waals surface area contributed by atoms with Crippen LogP contribution in [0.1, 0.15) is 37.9 Å². The summed E-state index contributed by atoms with van der Waals surface area (Å²) in [6, 6.07) is 17.7. The van der Waals surface area contributed by atoms with Crippen LogP contribution >= 0.6 is 11.3 Å². The highest BCUT2D eigenvalue weighted by Gasteiger charge is 2.19. The van der Waals surface area contributed by atoms with Crippen molar-refractivity contribution in [2.24, 2.45) is 0 Å². The molecule has 0 fully saturated rings. The highest BCUT2D eigenvalue weighted by Crippen LogP contribution is 2.25. The second-order valence-corrected chi connectivity index (χ2v) is 9.58. The topological polar surface area (TPSA) is 108 Å². The fraction of sp³-hybridized carbons (Fsp3) is 0.192. The highest BCUT2D eigenvalue weighted by atomic mass is 32.1. The van der Waals surface area contributed by atoms with Crippen molar-refractivity contribution in [1.29, 1.82) is 0 Å². The lowest BCUT2D eigenvalue weighted by molar-refractivity contribution is -0.389. The van der Waals surface area contributed by atoms with E-state index in [1.165, 1.54) is 28.2 Å². The summed E-state index contributed by atoms with van der Waals surface area (Å²) in [5.41, 5.74) is 5.03. The van der Waals surface area contributed by atoms with Crippen molar-refractivity contribution < 1.29 is 9.72 Å². The van der Waals surface area contributed by atoms with E-state index in [1.54, 1.807) is 17.7 Å². The van der Waals surface area contributed by atoms with E-state index in [9.17, 15) is 14.9 Å². The zero-order chi connectivity index (χ0) is 25.4. The van der Waals surface area contributed by atoms with E-state index in [0.717, 1.165) is 22.5 Å². The number of fused-ring (bicyclic) bond motifs is 1. The van der Waals surface area contributed by atoms with Crippen LogP contribution in [0.15, 0.2) is 60.0 Å². The van der Waals surface area contributed by atoms with Crippen molar-refractivity contribution in [3.8, 4) is 0 Å². The second kappa shape index (κ2) is 9.38. The van der Waals surface area contributed by atoms with Gasteiger partial charge in [-0.25, -0.2) is 0 Å². The molecule has 36 heavy (non-hydrogen) atoms. The number of nitro groups is 1. The van der Waals surface area contributed by atoms with Crippen LogP contribution < -0.4 is 5.32 Å². The lowest BCUT2D eigenvalue weighted by atomic mass is 10.0. The van der Waals surface area contributed by atoms with Gasteiger partial charge in [0.1, 0.15) is 0 Å². The summed E-state index contributed by atoms with van der Waals surface area (Å²) >= 11 is 1.32. The Morgan fingerprint density at radius 2 is 1.81 bits per heavy atom. The lowest BCUT2D eigenvalue weighted by Gasteiger charge is -2.09. The molecule has 3 heterocycles. The van der Waals surface area contributed by atoms with Gasteiger partial charge in [0, 0.05) is 0 Å². The van der Waals surface area contributed by atoms with E-state index in [0.29, 0.717) is 29.3 Å². The molecule has 0 aliphatic carbocycles. The van der Waals surface area contributed by atoms with Gasteiger partial charge in [0.15, 0.2) is 0 Å². The molecule has 1 N–H and O–H groups in total. The summed E-state index contributed by atoms with van der Waals surface area (Å²) in [4.78, 5) is 24.0. The van der Waals surface area contributed by atoms with Gasteiger partial charge in [-0.2, -0.15) is 9.78 Å². The van der Waals surface area contributed by atoms with Crippen molar-refractivity contribution in [3.05, 3.63) is 103 Å². The van der Waals surface area contributed by atoms with Crippen LogP contribution in [-0.4, -0.2) is 30.4 Å². The first-order valence-corrected chi connectivity index (χ1v) is 12.3. The first kappa shape index (κ1) is 23.4. The Hall–Kier alpha value is -4.31. The number of hydrogen-bond donors (Lipinski definition) is 1. The van der Waals surface area contributed by atoms with Crippen LogP contribution in [0.5, 0.6) is 0 Å². The van der Waals surface area contributed by atoms with Gasteiger partial charge in [0.05, 0.1) is 51.9 Å². The Bertz CT molecular complexity index is 1610. The molecule has 0 saturated carbocycles. The lowest BCUT2D eigenvalue weighted by Crippen LogP contribution is -2.12. The maximum absolute atomic E-state index is 13.0. The predicted octanol–water partition coefficient (Wildman–Crippen LogP) is 5.48. The number of thiophene rings is 1. The first-order chi connectivity index (χ1) is 17.3. The van der Waals surface area contributed by atoms with Crippen LogP contribution in [0.3, 0.4) is 0 Å². The third-order valence-corrected chi connectivity index (χ3v) is 7.16. The first-order valence-electron chi connectivity index (χ1n) is 11.4. The van der Waals surface area contributed by atoms with E-state index in [2.05, 4.69) is 39.8 Å². The van der Waals surface area contributed by atoms with Gasteiger partial charge in [0.2, 0.25) is 0 Å². The number of hydrogen-bond acceptors (Lipinski definition) is 6. The minimum Gasteiger partial charge on any atom is -0.358 e. The fourth-order valence-electron chi connectivity index (χ4n) is 4.29. The van der Waals surface area contributed by atoms with E-state index in [1.807, 2.05) is 42.1 Å². The van der Waals surface area contributed by atoms with Gasteiger partial charge in [-0.05, 0) is 59.0 Å². The molecule has 182 valence electrons. The quantitative estimate of drug-likeness (QED) is 0.235. The molecular weight excluding hydrogens is 476 g/mol. The van der Waals surface area contributed by atoms with Gasteiger partial charge in [-0.15, -0.1) is 11.3 Å². The zero-order valence-electron chi connectivity index (χ0n) is 20.1.